The number of carbonyl (C=O) groups is 1. The van der Waals surface area contributed by atoms with Crippen LogP contribution >= 0.6 is 11.3 Å². The van der Waals surface area contributed by atoms with Crippen molar-refractivity contribution in [3.63, 3.8) is 0 Å². The Morgan fingerprint density at radius 3 is 2.50 bits per heavy atom. The van der Waals surface area contributed by atoms with Crippen molar-refractivity contribution in [1.82, 2.24) is 4.98 Å². The van der Waals surface area contributed by atoms with Gasteiger partial charge >= 0.3 is 5.97 Å². The maximum Gasteiger partial charge on any atom is 0.354 e. The highest BCUT2D eigenvalue weighted by Crippen LogP contribution is 2.26. The zero-order chi connectivity index (χ0) is 14.9. The van der Waals surface area contributed by atoms with Crippen LogP contribution in [-0.4, -0.2) is 24.5 Å². The van der Waals surface area contributed by atoms with Crippen molar-refractivity contribution in [2.45, 2.75) is 18.7 Å². The van der Waals surface area contributed by atoms with E-state index >= 15 is 0 Å². The van der Waals surface area contributed by atoms with Crippen LogP contribution in [0.4, 0.5) is 5.69 Å². The number of nitrogens with one attached hydrogen (secondary N) is 1. The molecule has 2 rings (SSSR count). The number of aryl methyl sites for hydroxylation is 2. The third-order valence-electron chi connectivity index (χ3n) is 2.52. The minimum atomic E-state index is -3.68. The molecule has 0 aliphatic rings. The van der Waals surface area contributed by atoms with Crippen LogP contribution in [0.1, 0.15) is 20.2 Å². The smallest absolute Gasteiger partial charge is 0.354 e. The molecular formula is C12H12N2O4S2. The van der Waals surface area contributed by atoms with Crippen LogP contribution < -0.4 is 4.72 Å². The molecular weight excluding hydrogens is 300 g/mol. The van der Waals surface area contributed by atoms with E-state index in [1.54, 1.807) is 13.0 Å². The highest BCUT2D eigenvalue weighted by Gasteiger charge is 2.19. The molecule has 2 N–H and O–H groups in total. The normalized spacial score (nSPS) is 11.3. The fourth-order valence-corrected chi connectivity index (χ4v) is 4.26. The number of sulfonamides is 1. The summed E-state index contributed by atoms with van der Waals surface area (Å²) >= 11 is 1.40. The number of carboxylic acid groups (broad SMARTS) is 1. The number of nitrogens with zero attached hydrogens (tertiary/aromatic N) is 1. The van der Waals surface area contributed by atoms with E-state index in [1.807, 2.05) is 6.92 Å². The molecule has 0 aromatic carbocycles. The van der Waals surface area contributed by atoms with Crippen molar-refractivity contribution < 1.29 is 18.3 Å². The maximum atomic E-state index is 12.2. The van der Waals surface area contributed by atoms with Crippen LogP contribution in [0.15, 0.2) is 29.3 Å². The van der Waals surface area contributed by atoms with Crippen molar-refractivity contribution in [2.24, 2.45) is 0 Å². The van der Waals surface area contributed by atoms with Crippen LogP contribution in [0.5, 0.6) is 0 Å². The number of hydrogen-bond acceptors (Lipinski definition) is 5. The number of aromatic nitrogens is 1. The molecule has 0 spiro atoms. The van der Waals surface area contributed by atoms with Gasteiger partial charge in [0.25, 0.3) is 10.0 Å². The van der Waals surface area contributed by atoms with Crippen LogP contribution in [0.25, 0.3) is 0 Å². The summed E-state index contributed by atoms with van der Waals surface area (Å²) in [5.74, 6) is -1.16. The zero-order valence-electron chi connectivity index (χ0n) is 10.7. The monoisotopic (exact) mass is 312 g/mol. The van der Waals surface area contributed by atoms with Gasteiger partial charge in [-0.25, -0.2) is 18.2 Å². The van der Waals surface area contributed by atoms with E-state index in [-0.39, 0.29) is 16.3 Å². The number of pyridine rings is 1. The summed E-state index contributed by atoms with van der Waals surface area (Å²) in [4.78, 5) is 16.2. The standard InChI is InChI=1S/C12H12N2O4S2/c1-7-5-11(8(2)19-7)20(17,18)14-9-3-4-10(12(15)16)13-6-9/h3-6,14H,1-2H3,(H,15,16). The predicted molar refractivity (Wildman–Crippen MR) is 75.8 cm³/mol. The summed E-state index contributed by atoms with van der Waals surface area (Å²) < 4.78 is 26.8. The zero-order valence-corrected chi connectivity index (χ0v) is 12.4. The number of aromatic carboxylic acids is 1. The average Bonchev–Trinajstić information content (AvgIpc) is 2.69. The van der Waals surface area contributed by atoms with E-state index in [1.165, 1.54) is 29.7 Å². The molecule has 20 heavy (non-hydrogen) atoms. The fraction of sp³-hybridized carbons (Fsp3) is 0.167. The van der Waals surface area contributed by atoms with Gasteiger partial charge in [-0.3, -0.25) is 4.72 Å². The van der Waals surface area contributed by atoms with Crippen molar-refractivity contribution >= 4 is 33.0 Å². The van der Waals surface area contributed by atoms with Crippen LogP contribution in [-0.2, 0) is 10.0 Å². The molecule has 0 unspecified atom stereocenters. The quantitative estimate of drug-likeness (QED) is 0.902. The van der Waals surface area contributed by atoms with Crippen molar-refractivity contribution in [1.29, 1.82) is 0 Å². The molecule has 2 heterocycles. The molecule has 0 fully saturated rings. The van der Waals surface area contributed by atoms with Gasteiger partial charge in [0, 0.05) is 9.75 Å². The maximum absolute atomic E-state index is 12.2. The Hall–Kier alpha value is -1.93. The van der Waals surface area contributed by atoms with Crippen molar-refractivity contribution in [3.8, 4) is 0 Å². The Kier molecular flexibility index (Phi) is 3.78. The lowest BCUT2D eigenvalue weighted by atomic mass is 10.3. The fourth-order valence-electron chi connectivity index (χ4n) is 1.67. The first-order valence-electron chi connectivity index (χ1n) is 5.59. The summed E-state index contributed by atoms with van der Waals surface area (Å²) in [6.07, 6.45) is 1.18. The third kappa shape index (κ3) is 2.97. The lowest BCUT2D eigenvalue weighted by molar-refractivity contribution is 0.0690. The molecule has 6 nitrogen and oxygen atoms in total. The van der Waals surface area contributed by atoms with Crippen LogP contribution in [0.3, 0.4) is 0 Å². The molecule has 0 aliphatic carbocycles. The Morgan fingerprint density at radius 1 is 1.35 bits per heavy atom. The first kappa shape index (κ1) is 14.5. The Balaban J connectivity index is 2.28. The van der Waals surface area contributed by atoms with Crippen LogP contribution in [0.2, 0.25) is 0 Å². The molecule has 2 aromatic heterocycles. The highest BCUT2D eigenvalue weighted by atomic mass is 32.2. The second-order valence-corrected chi connectivity index (χ2v) is 7.23. The van der Waals surface area contributed by atoms with Gasteiger partial charge in [0.2, 0.25) is 0 Å². The Morgan fingerprint density at radius 2 is 2.05 bits per heavy atom. The van der Waals surface area contributed by atoms with E-state index in [0.29, 0.717) is 4.88 Å². The molecule has 0 saturated heterocycles. The lowest BCUT2D eigenvalue weighted by Crippen LogP contribution is -2.13. The van der Waals surface area contributed by atoms with Gasteiger partial charge in [0.15, 0.2) is 0 Å². The first-order chi connectivity index (χ1) is 9.29. The Bertz CT molecular complexity index is 748. The molecule has 0 bridgehead atoms. The second kappa shape index (κ2) is 5.22. The van der Waals surface area contributed by atoms with Gasteiger partial charge in [0.1, 0.15) is 10.6 Å². The number of hydrogen-bond donors (Lipinski definition) is 2. The summed E-state index contributed by atoms with van der Waals surface area (Å²) in [6, 6.07) is 4.20. The Labute approximate surface area is 120 Å². The van der Waals surface area contributed by atoms with Crippen molar-refractivity contribution in [3.05, 3.63) is 39.8 Å². The van der Waals surface area contributed by atoms with Crippen LogP contribution in [0, 0.1) is 13.8 Å². The van der Waals surface area contributed by atoms with Gasteiger partial charge in [-0.05, 0) is 32.0 Å². The number of rotatable bonds is 4. The number of anilines is 1. The molecule has 0 saturated carbocycles. The van der Waals surface area contributed by atoms with E-state index in [0.717, 1.165) is 4.88 Å². The largest absolute Gasteiger partial charge is 0.477 e. The molecule has 0 amide bonds. The summed E-state index contributed by atoms with van der Waals surface area (Å²) in [6.45, 7) is 3.57. The first-order valence-corrected chi connectivity index (χ1v) is 7.89. The minimum Gasteiger partial charge on any atom is -0.477 e. The van der Waals surface area contributed by atoms with Gasteiger partial charge < -0.3 is 5.11 Å². The van der Waals surface area contributed by atoms with E-state index in [4.69, 9.17) is 5.11 Å². The van der Waals surface area contributed by atoms with Gasteiger partial charge in [-0.15, -0.1) is 11.3 Å². The van der Waals surface area contributed by atoms with Crippen molar-refractivity contribution in [2.75, 3.05) is 4.72 Å². The predicted octanol–water partition coefficient (Wildman–Crippen LogP) is 2.26. The van der Waals surface area contributed by atoms with E-state index in [9.17, 15) is 13.2 Å². The highest BCUT2D eigenvalue weighted by molar-refractivity contribution is 7.93. The summed E-state index contributed by atoms with van der Waals surface area (Å²) in [7, 11) is -3.68. The molecule has 0 aliphatic heterocycles. The lowest BCUT2D eigenvalue weighted by Gasteiger charge is -2.07. The molecule has 8 heteroatoms. The van der Waals surface area contributed by atoms with E-state index in [2.05, 4.69) is 9.71 Å². The van der Waals surface area contributed by atoms with Gasteiger partial charge in [-0.1, -0.05) is 0 Å². The van der Waals surface area contributed by atoms with Gasteiger partial charge in [-0.2, -0.15) is 0 Å². The third-order valence-corrected chi connectivity index (χ3v) is 5.12. The summed E-state index contributed by atoms with van der Waals surface area (Å²) in [5, 5.41) is 8.73. The average molecular weight is 312 g/mol. The molecule has 0 atom stereocenters. The minimum absolute atomic E-state index is 0.143. The van der Waals surface area contributed by atoms with Gasteiger partial charge in [0.05, 0.1) is 11.9 Å². The number of carboxylic acids is 1. The van der Waals surface area contributed by atoms with E-state index < -0.39 is 16.0 Å². The molecule has 106 valence electrons. The number of thiophene rings is 1. The molecule has 0 radical (unpaired) electrons. The second-order valence-electron chi connectivity index (χ2n) is 4.12. The molecule has 2 aromatic rings. The topological polar surface area (TPSA) is 96.4 Å². The SMILES string of the molecule is Cc1cc(S(=O)(=O)Nc2ccc(C(=O)O)nc2)c(C)s1. The summed E-state index contributed by atoms with van der Waals surface area (Å²) in [5.41, 5.74) is 0.0776.